The van der Waals surface area contributed by atoms with Gasteiger partial charge >= 0.3 is 0 Å². The predicted molar refractivity (Wildman–Crippen MR) is 78.3 cm³/mol. The Bertz CT molecular complexity index is 544. The van der Waals surface area contributed by atoms with Crippen LogP contribution in [0.15, 0.2) is 21.6 Å². The first-order chi connectivity index (χ1) is 9.48. The molecule has 1 aliphatic heterocycles. The molecule has 7 heteroatoms. The lowest BCUT2D eigenvalue weighted by Crippen LogP contribution is -2.43. The summed E-state index contributed by atoms with van der Waals surface area (Å²) in [6, 6.07) is 3.09. The summed E-state index contributed by atoms with van der Waals surface area (Å²) in [5.74, 6) is 0.653. The van der Waals surface area contributed by atoms with Gasteiger partial charge in [-0.25, -0.2) is 8.42 Å². The minimum atomic E-state index is -3.58. The van der Waals surface area contributed by atoms with Crippen molar-refractivity contribution in [1.82, 2.24) is 9.21 Å². The van der Waals surface area contributed by atoms with Gasteiger partial charge in [-0.1, -0.05) is 6.92 Å². The maximum atomic E-state index is 12.7. The van der Waals surface area contributed by atoms with E-state index in [1.54, 1.807) is 10.4 Å². The maximum absolute atomic E-state index is 12.7. The second kappa shape index (κ2) is 6.47. The molecule has 5 nitrogen and oxygen atoms in total. The average Bonchev–Trinajstić information content (AvgIpc) is 2.83. The molecule has 20 heavy (non-hydrogen) atoms. The van der Waals surface area contributed by atoms with Gasteiger partial charge in [0, 0.05) is 19.1 Å². The van der Waals surface area contributed by atoms with Gasteiger partial charge in [-0.3, -0.25) is 0 Å². The molecule has 0 radical (unpaired) electrons. The highest BCUT2D eigenvalue weighted by molar-refractivity contribution is 7.89. The molecule has 1 aromatic rings. The van der Waals surface area contributed by atoms with Crippen molar-refractivity contribution in [2.75, 3.05) is 26.7 Å². The number of alkyl halides is 1. The number of halogens is 1. The van der Waals surface area contributed by atoms with Crippen LogP contribution >= 0.6 is 11.6 Å². The summed E-state index contributed by atoms with van der Waals surface area (Å²) >= 11 is 5.67. The normalized spacial score (nSPS) is 22.9. The second-order valence-electron chi connectivity index (χ2n) is 5.15. The van der Waals surface area contributed by atoms with E-state index < -0.39 is 10.0 Å². The van der Waals surface area contributed by atoms with Crippen molar-refractivity contribution >= 4 is 21.6 Å². The van der Waals surface area contributed by atoms with E-state index in [1.165, 1.54) is 6.07 Å². The van der Waals surface area contributed by atoms with Gasteiger partial charge in [0.15, 0.2) is 0 Å². The highest BCUT2D eigenvalue weighted by atomic mass is 35.5. The molecular formula is C13H21ClN2O3S. The van der Waals surface area contributed by atoms with E-state index in [-0.39, 0.29) is 17.0 Å². The van der Waals surface area contributed by atoms with Crippen molar-refractivity contribution in [3.05, 3.63) is 17.9 Å². The molecular weight excluding hydrogens is 300 g/mol. The summed E-state index contributed by atoms with van der Waals surface area (Å²) in [5, 5.41) is -0.00356. The topological polar surface area (TPSA) is 53.8 Å². The lowest BCUT2D eigenvalue weighted by atomic mass is 10.2. The quantitative estimate of drug-likeness (QED) is 0.797. The van der Waals surface area contributed by atoms with Crippen molar-refractivity contribution in [3.63, 3.8) is 0 Å². The number of nitrogens with zero attached hydrogens (tertiary/aromatic N) is 2. The van der Waals surface area contributed by atoms with Crippen LogP contribution in [0.1, 0.15) is 25.5 Å². The SMILES string of the molecule is CCC1CN(C)CCCN1S(=O)(=O)c1ccc(CCl)o1. The average molecular weight is 321 g/mol. The molecule has 1 aliphatic rings. The second-order valence-corrected chi connectivity index (χ2v) is 7.24. The molecule has 1 fully saturated rings. The van der Waals surface area contributed by atoms with E-state index in [0.717, 1.165) is 25.9 Å². The molecule has 2 heterocycles. The van der Waals surface area contributed by atoms with Crippen molar-refractivity contribution in [2.45, 2.75) is 36.8 Å². The summed E-state index contributed by atoms with van der Waals surface area (Å²) in [5.41, 5.74) is 0. The van der Waals surface area contributed by atoms with Gasteiger partial charge < -0.3 is 9.32 Å². The molecule has 0 amide bonds. The zero-order valence-electron chi connectivity index (χ0n) is 11.9. The smallest absolute Gasteiger partial charge is 0.276 e. The molecule has 0 spiro atoms. The van der Waals surface area contributed by atoms with Gasteiger partial charge in [0.2, 0.25) is 5.09 Å². The van der Waals surface area contributed by atoms with E-state index in [2.05, 4.69) is 4.90 Å². The van der Waals surface area contributed by atoms with Gasteiger partial charge in [-0.15, -0.1) is 11.6 Å². The molecule has 1 unspecified atom stereocenters. The van der Waals surface area contributed by atoms with E-state index in [1.807, 2.05) is 14.0 Å². The zero-order chi connectivity index (χ0) is 14.8. The third kappa shape index (κ3) is 3.19. The summed E-state index contributed by atoms with van der Waals surface area (Å²) in [4.78, 5) is 2.18. The van der Waals surface area contributed by atoms with Crippen LogP contribution < -0.4 is 0 Å². The summed E-state index contributed by atoms with van der Waals surface area (Å²) in [7, 11) is -1.55. The molecule has 0 aliphatic carbocycles. The molecule has 1 saturated heterocycles. The monoisotopic (exact) mass is 320 g/mol. The number of hydrogen-bond donors (Lipinski definition) is 0. The molecule has 114 valence electrons. The first kappa shape index (κ1) is 15.8. The third-order valence-corrected chi connectivity index (χ3v) is 5.74. The van der Waals surface area contributed by atoms with Crippen LogP contribution in [0.3, 0.4) is 0 Å². The van der Waals surface area contributed by atoms with Crippen LogP contribution in [0.25, 0.3) is 0 Å². The van der Waals surface area contributed by atoms with Gasteiger partial charge in [0.1, 0.15) is 5.76 Å². The third-order valence-electron chi connectivity index (χ3n) is 3.65. The molecule has 0 N–H and O–H groups in total. The van der Waals surface area contributed by atoms with Crippen LogP contribution in [-0.2, 0) is 15.9 Å². The minimum Gasteiger partial charge on any atom is -0.447 e. The lowest BCUT2D eigenvalue weighted by molar-refractivity contribution is 0.265. The zero-order valence-corrected chi connectivity index (χ0v) is 13.5. The number of likely N-dealkylation sites (N-methyl/N-ethyl adjacent to an activating group) is 1. The number of rotatable bonds is 4. The molecule has 1 atom stereocenters. The Morgan fingerprint density at radius 3 is 2.75 bits per heavy atom. The van der Waals surface area contributed by atoms with Crippen LogP contribution in [0.2, 0.25) is 0 Å². The number of furan rings is 1. The Balaban J connectivity index is 2.30. The van der Waals surface area contributed by atoms with Crippen molar-refractivity contribution in [3.8, 4) is 0 Å². The predicted octanol–water partition coefficient (Wildman–Crippen LogP) is 2.12. The molecule has 0 bridgehead atoms. The van der Waals surface area contributed by atoms with Crippen molar-refractivity contribution < 1.29 is 12.8 Å². The Kier molecular flexibility index (Phi) is 5.12. The fourth-order valence-electron chi connectivity index (χ4n) is 2.55. The first-order valence-electron chi connectivity index (χ1n) is 6.84. The summed E-state index contributed by atoms with van der Waals surface area (Å²) in [6.07, 6.45) is 1.61. The largest absolute Gasteiger partial charge is 0.447 e. The molecule has 0 aromatic carbocycles. The molecule has 2 rings (SSSR count). The van der Waals surface area contributed by atoms with Gasteiger partial charge in [-0.2, -0.15) is 4.31 Å². The van der Waals surface area contributed by atoms with Crippen molar-refractivity contribution in [2.24, 2.45) is 0 Å². The number of hydrogen-bond acceptors (Lipinski definition) is 4. The minimum absolute atomic E-state index is 0.00356. The maximum Gasteiger partial charge on any atom is 0.276 e. The van der Waals surface area contributed by atoms with Crippen LogP contribution in [0.5, 0.6) is 0 Å². The van der Waals surface area contributed by atoms with Gasteiger partial charge in [0.05, 0.1) is 5.88 Å². The Morgan fingerprint density at radius 2 is 2.15 bits per heavy atom. The van der Waals surface area contributed by atoms with E-state index in [9.17, 15) is 8.42 Å². The molecule has 0 saturated carbocycles. The van der Waals surface area contributed by atoms with Gasteiger partial charge in [0.25, 0.3) is 10.0 Å². The van der Waals surface area contributed by atoms with E-state index in [0.29, 0.717) is 12.3 Å². The van der Waals surface area contributed by atoms with Gasteiger partial charge in [-0.05, 0) is 38.6 Å². The highest BCUT2D eigenvalue weighted by Gasteiger charge is 2.34. The standard InChI is InChI=1S/C13H21ClN2O3S/c1-3-11-10-15(2)7-4-8-16(11)20(17,18)13-6-5-12(9-14)19-13/h5-6,11H,3-4,7-10H2,1-2H3. The van der Waals surface area contributed by atoms with Crippen LogP contribution in [0.4, 0.5) is 0 Å². The Morgan fingerprint density at radius 1 is 1.40 bits per heavy atom. The fourth-order valence-corrected chi connectivity index (χ4v) is 4.36. The molecule has 1 aromatic heterocycles. The highest BCUT2D eigenvalue weighted by Crippen LogP contribution is 2.24. The summed E-state index contributed by atoms with van der Waals surface area (Å²) in [6.45, 7) is 4.20. The van der Waals surface area contributed by atoms with E-state index in [4.69, 9.17) is 16.0 Å². The van der Waals surface area contributed by atoms with Crippen LogP contribution in [-0.4, -0.2) is 50.3 Å². The summed E-state index contributed by atoms with van der Waals surface area (Å²) < 4.78 is 32.3. The number of sulfonamides is 1. The first-order valence-corrected chi connectivity index (χ1v) is 8.81. The Labute approximate surface area is 125 Å². The van der Waals surface area contributed by atoms with Crippen molar-refractivity contribution in [1.29, 1.82) is 0 Å². The van der Waals surface area contributed by atoms with E-state index >= 15 is 0 Å². The van der Waals surface area contributed by atoms with Crippen LogP contribution in [0, 0.1) is 0 Å². The lowest BCUT2D eigenvalue weighted by Gasteiger charge is -2.28. The fraction of sp³-hybridized carbons (Fsp3) is 0.692. The Hall–Kier alpha value is -0.560.